The molecule has 2 aromatic rings. The number of nitrogens with one attached hydrogen (secondary N) is 1. The summed E-state index contributed by atoms with van der Waals surface area (Å²) in [6.07, 6.45) is 6.73. The molecule has 3 N–H and O–H groups in total. The Kier molecular flexibility index (Phi) is 5.19. The molecule has 2 aromatic heterocycles. The quantitative estimate of drug-likeness (QED) is 0.738. The minimum atomic E-state index is -0.889. The summed E-state index contributed by atoms with van der Waals surface area (Å²) in [4.78, 5) is 20.7. The van der Waals surface area contributed by atoms with Crippen LogP contribution in [0.4, 0.5) is 11.6 Å². The van der Waals surface area contributed by atoms with Gasteiger partial charge in [0.2, 0.25) is 0 Å². The standard InChI is InChI=1S/C19H27N5O3/c1-18(2,3)24-16(6-9-21-24)23-15-12-20-11-13(22-15)10-19(17(26)27)7-4-14(25)5-8-19/h6,9,11-12,14,25H,4-5,7-8,10H2,1-3H3,(H,22,23)(H,26,27)/t14-,19+. The molecule has 146 valence electrons. The van der Waals surface area contributed by atoms with Crippen LogP contribution in [0.3, 0.4) is 0 Å². The number of nitrogens with zero attached hydrogens (tertiary/aromatic N) is 4. The average molecular weight is 373 g/mol. The van der Waals surface area contributed by atoms with Gasteiger partial charge in [-0.2, -0.15) is 5.10 Å². The Balaban J connectivity index is 1.80. The Morgan fingerprint density at radius 1 is 1.33 bits per heavy atom. The molecule has 0 saturated heterocycles. The number of aliphatic hydroxyl groups is 1. The highest BCUT2D eigenvalue weighted by atomic mass is 16.4. The molecule has 0 aliphatic heterocycles. The topological polar surface area (TPSA) is 113 Å². The Labute approximate surface area is 158 Å². The zero-order chi connectivity index (χ0) is 19.7. The monoisotopic (exact) mass is 373 g/mol. The third-order valence-corrected chi connectivity index (χ3v) is 5.10. The Morgan fingerprint density at radius 2 is 2.04 bits per heavy atom. The molecule has 2 heterocycles. The molecule has 8 nitrogen and oxygen atoms in total. The molecule has 27 heavy (non-hydrogen) atoms. The van der Waals surface area contributed by atoms with E-state index in [9.17, 15) is 15.0 Å². The molecule has 3 rings (SSSR count). The molecule has 1 aliphatic carbocycles. The summed E-state index contributed by atoms with van der Waals surface area (Å²) in [5, 5.41) is 27.1. The third kappa shape index (κ3) is 4.27. The first-order chi connectivity index (χ1) is 12.7. The second-order valence-corrected chi connectivity index (χ2v) is 8.31. The molecular formula is C19H27N5O3. The summed E-state index contributed by atoms with van der Waals surface area (Å²) >= 11 is 0. The van der Waals surface area contributed by atoms with Crippen LogP contribution < -0.4 is 5.32 Å². The highest BCUT2D eigenvalue weighted by Crippen LogP contribution is 2.39. The lowest BCUT2D eigenvalue weighted by Crippen LogP contribution is -2.39. The van der Waals surface area contributed by atoms with Crippen LogP contribution >= 0.6 is 0 Å². The number of carboxylic acid groups (broad SMARTS) is 1. The van der Waals surface area contributed by atoms with E-state index in [1.165, 1.54) is 0 Å². The number of aliphatic hydroxyl groups excluding tert-OH is 1. The van der Waals surface area contributed by atoms with Gasteiger partial charge in [0.1, 0.15) is 11.6 Å². The van der Waals surface area contributed by atoms with E-state index in [0.717, 1.165) is 5.82 Å². The molecule has 0 amide bonds. The molecule has 0 spiro atoms. The molecule has 8 heteroatoms. The van der Waals surface area contributed by atoms with E-state index < -0.39 is 17.5 Å². The van der Waals surface area contributed by atoms with Crippen molar-refractivity contribution in [3.8, 4) is 0 Å². The maximum absolute atomic E-state index is 11.9. The molecule has 1 saturated carbocycles. The van der Waals surface area contributed by atoms with Gasteiger partial charge in [0.05, 0.1) is 35.1 Å². The molecule has 0 aromatic carbocycles. The minimum absolute atomic E-state index is 0.187. The van der Waals surface area contributed by atoms with Gasteiger partial charge in [0.25, 0.3) is 0 Å². The van der Waals surface area contributed by atoms with Crippen molar-refractivity contribution in [2.75, 3.05) is 5.32 Å². The smallest absolute Gasteiger partial charge is 0.310 e. The molecule has 1 fully saturated rings. The molecule has 0 radical (unpaired) electrons. The summed E-state index contributed by atoms with van der Waals surface area (Å²) in [5.41, 5.74) is -0.451. The molecular weight excluding hydrogens is 346 g/mol. The number of carbonyl (C=O) groups is 1. The van der Waals surface area contributed by atoms with Gasteiger partial charge in [0.15, 0.2) is 0 Å². The van der Waals surface area contributed by atoms with E-state index in [1.807, 2.05) is 10.7 Å². The SMILES string of the molecule is CC(C)(C)n1nccc1Nc1cncc(C[C@]2(C(=O)O)CC[C@@H](O)CC2)n1. The van der Waals surface area contributed by atoms with E-state index in [1.54, 1.807) is 18.6 Å². The molecule has 0 atom stereocenters. The van der Waals surface area contributed by atoms with Crippen LogP contribution in [-0.4, -0.2) is 42.0 Å². The van der Waals surface area contributed by atoms with Gasteiger partial charge >= 0.3 is 5.97 Å². The zero-order valence-electron chi connectivity index (χ0n) is 16.0. The number of aliphatic carboxylic acids is 1. The molecule has 1 aliphatic rings. The van der Waals surface area contributed by atoms with Crippen molar-refractivity contribution in [2.24, 2.45) is 5.41 Å². The highest BCUT2D eigenvalue weighted by Gasteiger charge is 2.42. The van der Waals surface area contributed by atoms with Crippen molar-refractivity contribution in [1.82, 2.24) is 19.7 Å². The van der Waals surface area contributed by atoms with Crippen LogP contribution in [-0.2, 0) is 16.8 Å². The minimum Gasteiger partial charge on any atom is -0.481 e. The van der Waals surface area contributed by atoms with Crippen LogP contribution in [0, 0.1) is 5.41 Å². The first kappa shape index (κ1) is 19.3. The lowest BCUT2D eigenvalue weighted by Gasteiger charge is -2.35. The van der Waals surface area contributed by atoms with Gasteiger partial charge in [-0.05, 0) is 46.5 Å². The van der Waals surface area contributed by atoms with Crippen molar-refractivity contribution < 1.29 is 15.0 Å². The Bertz CT molecular complexity index is 804. The van der Waals surface area contributed by atoms with Gasteiger partial charge in [0, 0.05) is 18.7 Å². The van der Waals surface area contributed by atoms with E-state index in [-0.39, 0.29) is 5.54 Å². The second-order valence-electron chi connectivity index (χ2n) is 8.31. The predicted molar refractivity (Wildman–Crippen MR) is 101 cm³/mol. The Morgan fingerprint density at radius 3 is 2.67 bits per heavy atom. The number of rotatable bonds is 5. The fraction of sp³-hybridized carbons (Fsp3) is 0.579. The summed E-state index contributed by atoms with van der Waals surface area (Å²) in [6, 6.07) is 1.86. The van der Waals surface area contributed by atoms with Crippen molar-refractivity contribution >= 4 is 17.6 Å². The zero-order valence-corrected chi connectivity index (χ0v) is 16.0. The third-order valence-electron chi connectivity index (χ3n) is 5.10. The number of carboxylic acids is 1. The summed E-state index contributed by atoms with van der Waals surface area (Å²) in [7, 11) is 0. The fourth-order valence-corrected chi connectivity index (χ4v) is 3.58. The summed E-state index contributed by atoms with van der Waals surface area (Å²) in [5.74, 6) is 0.512. The van der Waals surface area contributed by atoms with E-state index >= 15 is 0 Å². The summed E-state index contributed by atoms with van der Waals surface area (Å²) < 4.78 is 1.86. The first-order valence-corrected chi connectivity index (χ1v) is 9.24. The normalized spacial score (nSPS) is 23.2. The van der Waals surface area contributed by atoms with Crippen LogP contribution in [0.2, 0.25) is 0 Å². The van der Waals surface area contributed by atoms with Crippen LogP contribution in [0.5, 0.6) is 0 Å². The maximum atomic E-state index is 11.9. The fourth-order valence-electron chi connectivity index (χ4n) is 3.58. The van der Waals surface area contributed by atoms with Gasteiger partial charge < -0.3 is 15.5 Å². The van der Waals surface area contributed by atoms with Crippen LogP contribution in [0.25, 0.3) is 0 Å². The van der Waals surface area contributed by atoms with Crippen molar-refractivity contribution in [3.05, 3.63) is 30.4 Å². The van der Waals surface area contributed by atoms with E-state index in [4.69, 9.17) is 0 Å². The van der Waals surface area contributed by atoms with Crippen molar-refractivity contribution in [2.45, 2.75) is 64.5 Å². The van der Waals surface area contributed by atoms with Crippen LogP contribution in [0.1, 0.15) is 52.1 Å². The number of aromatic nitrogens is 4. The van der Waals surface area contributed by atoms with Gasteiger partial charge in [-0.3, -0.25) is 9.78 Å². The van der Waals surface area contributed by atoms with E-state index in [2.05, 4.69) is 41.2 Å². The Hall–Kier alpha value is -2.48. The largest absolute Gasteiger partial charge is 0.481 e. The number of hydrogen-bond donors (Lipinski definition) is 3. The lowest BCUT2D eigenvalue weighted by atomic mass is 9.70. The van der Waals surface area contributed by atoms with Crippen molar-refractivity contribution in [1.29, 1.82) is 0 Å². The second kappa shape index (κ2) is 7.26. The van der Waals surface area contributed by atoms with Gasteiger partial charge in [-0.1, -0.05) is 0 Å². The van der Waals surface area contributed by atoms with Crippen molar-refractivity contribution in [3.63, 3.8) is 0 Å². The highest BCUT2D eigenvalue weighted by molar-refractivity contribution is 5.75. The summed E-state index contributed by atoms with van der Waals surface area (Å²) in [6.45, 7) is 6.17. The maximum Gasteiger partial charge on any atom is 0.310 e. The number of anilines is 2. The van der Waals surface area contributed by atoms with Gasteiger partial charge in [-0.15, -0.1) is 0 Å². The van der Waals surface area contributed by atoms with Gasteiger partial charge in [-0.25, -0.2) is 9.67 Å². The molecule has 0 bridgehead atoms. The first-order valence-electron chi connectivity index (χ1n) is 9.24. The average Bonchev–Trinajstić information content (AvgIpc) is 3.06. The number of hydrogen-bond acceptors (Lipinski definition) is 6. The lowest BCUT2D eigenvalue weighted by molar-refractivity contribution is -0.152. The predicted octanol–water partition coefficient (Wildman–Crippen LogP) is 2.72. The van der Waals surface area contributed by atoms with E-state index in [0.29, 0.717) is 43.6 Å². The van der Waals surface area contributed by atoms with Crippen LogP contribution in [0.15, 0.2) is 24.7 Å². The molecule has 0 unspecified atom stereocenters.